The van der Waals surface area contributed by atoms with Gasteiger partial charge < -0.3 is 4.90 Å². The zero-order valence-corrected chi connectivity index (χ0v) is 13.2. The number of benzene rings is 1. The molecule has 2 aromatic rings. The van der Waals surface area contributed by atoms with Gasteiger partial charge in [0.05, 0.1) is 11.9 Å². The summed E-state index contributed by atoms with van der Waals surface area (Å²) in [7, 11) is 1.85. The van der Waals surface area contributed by atoms with Crippen LogP contribution in [0.5, 0.6) is 0 Å². The third-order valence-corrected chi connectivity index (χ3v) is 4.28. The van der Waals surface area contributed by atoms with Crippen molar-refractivity contribution in [1.29, 1.82) is 0 Å². The van der Waals surface area contributed by atoms with Gasteiger partial charge in [0, 0.05) is 30.7 Å². The monoisotopic (exact) mass is 321 g/mol. The number of carbonyl (C=O) groups excluding carboxylic acids is 1. The number of carbonyl (C=O) groups is 1. The molecule has 6 heteroatoms. The van der Waals surface area contributed by atoms with E-state index in [1.807, 2.05) is 20.2 Å². The maximum Gasteiger partial charge on any atom is 0.230 e. The highest BCUT2D eigenvalue weighted by molar-refractivity contribution is 6.30. The molecular weight excluding hydrogens is 305 g/mol. The largest absolute Gasteiger partial charge is 0.310 e. The lowest BCUT2D eigenvalue weighted by atomic mass is 10.1. The molecule has 0 unspecified atom stereocenters. The SMILES string of the molecule is CCN(C(=O)[C@H]1C[C@H]1c1cnn(C)c1)c1ccc(Cl)cc1F. The van der Waals surface area contributed by atoms with E-state index in [2.05, 4.69) is 5.10 Å². The van der Waals surface area contributed by atoms with Gasteiger partial charge in [-0.3, -0.25) is 9.48 Å². The first-order valence-corrected chi connectivity index (χ1v) is 7.64. The fourth-order valence-electron chi connectivity index (χ4n) is 2.81. The summed E-state index contributed by atoms with van der Waals surface area (Å²) < 4.78 is 15.8. The summed E-state index contributed by atoms with van der Waals surface area (Å²) in [6.07, 6.45) is 4.50. The van der Waals surface area contributed by atoms with Gasteiger partial charge in [0.2, 0.25) is 5.91 Å². The molecule has 1 aromatic carbocycles. The molecule has 22 heavy (non-hydrogen) atoms. The highest BCUT2D eigenvalue weighted by Crippen LogP contribution is 2.48. The molecule has 1 aromatic heterocycles. The summed E-state index contributed by atoms with van der Waals surface area (Å²) in [5.41, 5.74) is 1.35. The first-order valence-electron chi connectivity index (χ1n) is 7.26. The Morgan fingerprint density at radius 3 is 2.91 bits per heavy atom. The lowest BCUT2D eigenvalue weighted by Gasteiger charge is -2.22. The number of hydrogen-bond acceptors (Lipinski definition) is 2. The summed E-state index contributed by atoms with van der Waals surface area (Å²) >= 11 is 5.77. The summed E-state index contributed by atoms with van der Waals surface area (Å²) in [6.45, 7) is 2.26. The van der Waals surface area contributed by atoms with Crippen LogP contribution in [0.4, 0.5) is 10.1 Å². The fourth-order valence-corrected chi connectivity index (χ4v) is 2.97. The van der Waals surface area contributed by atoms with Crippen LogP contribution in [0.3, 0.4) is 0 Å². The number of halogens is 2. The predicted molar refractivity (Wildman–Crippen MR) is 83.5 cm³/mol. The minimum atomic E-state index is -0.471. The van der Waals surface area contributed by atoms with Crippen LogP contribution in [-0.4, -0.2) is 22.2 Å². The van der Waals surface area contributed by atoms with Gasteiger partial charge in [0.25, 0.3) is 0 Å². The Balaban J connectivity index is 1.78. The molecule has 1 fully saturated rings. The summed E-state index contributed by atoms with van der Waals surface area (Å²) in [5.74, 6) is -0.427. The van der Waals surface area contributed by atoms with Crippen LogP contribution < -0.4 is 4.90 Å². The summed E-state index contributed by atoms with van der Waals surface area (Å²) in [6, 6.07) is 4.39. The second kappa shape index (κ2) is 5.72. The zero-order chi connectivity index (χ0) is 15.9. The Kier molecular flexibility index (Phi) is 3.91. The highest BCUT2D eigenvalue weighted by Gasteiger charge is 2.46. The summed E-state index contributed by atoms with van der Waals surface area (Å²) in [4.78, 5) is 14.2. The van der Waals surface area contributed by atoms with Crippen LogP contribution in [0.2, 0.25) is 5.02 Å². The van der Waals surface area contributed by atoms with Gasteiger partial charge in [0.15, 0.2) is 0 Å². The molecule has 1 heterocycles. The topological polar surface area (TPSA) is 38.1 Å². The van der Waals surface area contributed by atoms with Crippen molar-refractivity contribution in [3.8, 4) is 0 Å². The van der Waals surface area contributed by atoms with E-state index in [0.717, 1.165) is 12.0 Å². The van der Waals surface area contributed by atoms with Gasteiger partial charge in [-0.1, -0.05) is 11.6 Å². The highest BCUT2D eigenvalue weighted by atomic mass is 35.5. The van der Waals surface area contributed by atoms with E-state index < -0.39 is 5.82 Å². The maximum atomic E-state index is 14.1. The first-order chi connectivity index (χ1) is 10.5. The molecule has 3 rings (SSSR count). The first kappa shape index (κ1) is 15.0. The second-order valence-corrected chi connectivity index (χ2v) is 6.01. The van der Waals surface area contributed by atoms with E-state index in [1.54, 1.807) is 23.0 Å². The normalized spacial score (nSPS) is 20.0. The molecule has 4 nitrogen and oxygen atoms in total. The Hall–Kier alpha value is -1.88. The molecule has 1 amide bonds. The molecule has 0 radical (unpaired) electrons. The Labute approximate surface area is 133 Å². The van der Waals surface area contributed by atoms with Gasteiger partial charge in [-0.05, 0) is 43.0 Å². The quantitative estimate of drug-likeness (QED) is 0.866. The van der Waals surface area contributed by atoms with Crippen LogP contribution in [0.25, 0.3) is 0 Å². The predicted octanol–water partition coefficient (Wildman–Crippen LogP) is 3.37. The van der Waals surface area contributed by atoms with Crippen molar-refractivity contribution < 1.29 is 9.18 Å². The molecule has 0 bridgehead atoms. The number of amides is 1. The number of rotatable bonds is 4. The van der Waals surface area contributed by atoms with Crippen molar-refractivity contribution in [1.82, 2.24) is 9.78 Å². The molecular formula is C16H17ClFN3O. The number of aromatic nitrogens is 2. The molecule has 1 aliphatic rings. The van der Waals surface area contributed by atoms with Gasteiger partial charge in [-0.2, -0.15) is 5.10 Å². The average molecular weight is 322 g/mol. The van der Waals surface area contributed by atoms with E-state index in [-0.39, 0.29) is 23.4 Å². The second-order valence-electron chi connectivity index (χ2n) is 5.57. The number of aryl methyl sites for hydroxylation is 1. The summed E-state index contributed by atoms with van der Waals surface area (Å²) in [5, 5.41) is 4.46. The van der Waals surface area contributed by atoms with Gasteiger partial charge in [-0.25, -0.2) is 4.39 Å². The van der Waals surface area contributed by atoms with Crippen LogP contribution >= 0.6 is 11.6 Å². The van der Waals surface area contributed by atoms with Crippen molar-refractivity contribution in [3.63, 3.8) is 0 Å². The van der Waals surface area contributed by atoms with E-state index in [4.69, 9.17) is 11.6 Å². The standard InChI is InChI=1S/C16H17ClFN3O/c1-3-21(15-5-4-11(17)6-14(15)18)16(22)13-7-12(13)10-8-19-20(2)9-10/h4-6,8-9,12-13H,3,7H2,1-2H3/t12-,13-/m0/s1. The number of nitrogens with zero attached hydrogens (tertiary/aromatic N) is 3. The van der Waals surface area contributed by atoms with Gasteiger partial charge in [-0.15, -0.1) is 0 Å². The fraction of sp³-hybridized carbons (Fsp3) is 0.375. The Morgan fingerprint density at radius 2 is 2.32 bits per heavy atom. The molecule has 2 atom stereocenters. The molecule has 0 aliphatic heterocycles. The maximum absolute atomic E-state index is 14.1. The van der Waals surface area contributed by atoms with Gasteiger partial charge >= 0.3 is 0 Å². The smallest absolute Gasteiger partial charge is 0.230 e. The lowest BCUT2D eigenvalue weighted by molar-refractivity contribution is -0.119. The zero-order valence-electron chi connectivity index (χ0n) is 12.5. The molecule has 116 valence electrons. The third kappa shape index (κ3) is 2.73. The van der Waals surface area contributed by atoms with Crippen LogP contribution in [0.15, 0.2) is 30.6 Å². The van der Waals surface area contributed by atoms with Crippen molar-refractivity contribution in [2.24, 2.45) is 13.0 Å². The average Bonchev–Trinajstić information content (AvgIpc) is 3.16. The van der Waals surface area contributed by atoms with Crippen LogP contribution in [0.1, 0.15) is 24.8 Å². The molecule has 1 aliphatic carbocycles. The Bertz CT molecular complexity index is 715. The van der Waals surface area contributed by atoms with E-state index in [9.17, 15) is 9.18 Å². The molecule has 0 saturated heterocycles. The minimum Gasteiger partial charge on any atom is -0.310 e. The Morgan fingerprint density at radius 1 is 1.55 bits per heavy atom. The third-order valence-electron chi connectivity index (χ3n) is 4.04. The van der Waals surface area contributed by atoms with Crippen molar-refractivity contribution in [3.05, 3.63) is 47.0 Å². The number of anilines is 1. The number of hydrogen-bond donors (Lipinski definition) is 0. The molecule has 0 spiro atoms. The van der Waals surface area contributed by atoms with E-state index in [1.165, 1.54) is 11.0 Å². The minimum absolute atomic E-state index is 0.0439. The lowest BCUT2D eigenvalue weighted by Crippen LogP contribution is -2.33. The van der Waals surface area contributed by atoms with Gasteiger partial charge in [0.1, 0.15) is 5.82 Å². The van der Waals surface area contributed by atoms with Crippen molar-refractivity contribution >= 4 is 23.2 Å². The van der Waals surface area contributed by atoms with Crippen LogP contribution in [-0.2, 0) is 11.8 Å². The molecule has 0 N–H and O–H groups in total. The van der Waals surface area contributed by atoms with Crippen molar-refractivity contribution in [2.75, 3.05) is 11.4 Å². The van der Waals surface area contributed by atoms with E-state index in [0.29, 0.717) is 11.6 Å². The molecule has 1 saturated carbocycles. The van der Waals surface area contributed by atoms with Crippen LogP contribution in [0, 0.1) is 11.7 Å². The van der Waals surface area contributed by atoms with Crippen molar-refractivity contribution in [2.45, 2.75) is 19.3 Å². The van der Waals surface area contributed by atoms with E-state index >= 15 is 0 Å².